The van der Waals surface area contributed by atoms with E-state index in [1.807, 2.05) is 73.1 Å². The fourth-order valence-corrected chi connectivity index (χ4v) is 7.72. The summed E-state index contributed by atoms with van der Waals surface area (Å²) in [7, 11) is 6.42. The second-order valence-electron chi connectivity index (χ2n) is 12.0. The highest BCUT2D eigenvalue weighted by molar-refractivity contribution is 7.80. The molecule has 8 aromatic rings. The van der Waals surface area contributed by atoms with E-state index in [1.165, 1.54) is 0 Å². The van der Waals surface area contributed by atoms with Crippen molar-refractivity contribution in [2.45, 2.75) is 6.42 Å². The number of pyridine rings is 2. The van der Waals surface area contributed by atoms with Gasteiger partial charge in [0, 0.05) is 72.6 Å². The number of fused-ring (bicyclic) bond motifs is 2. The van der Waals surface area contributed by atoms with Gasteiger partial charge in [-0.05, 0) is 66.4 Å². The number of rotatable bonds is 10. The predicted molar refractivity (Wildman–Crippen MR) is 253 cm³/mol. The van der Waals surface area contributed by atoms with E-state index in [1.54, 1.807) is 88.0 Å². The summed E-state index contributed by atoms with van der Waals surface area (Å²) in [4.78, 5) is 18.2. The van der Waals surface area contributed by atoms with Gasteiger partial charge in [-0.3, -0.25) is 9.97 Å². The Kier molecular flexibility index (Phi) is 16.8. The number of nitrogen functional groups attached to an aromatic ring is 1. The van der Waals surface area contributed by atoms with Crippen molar-refractivity contribution in [3.8, 4) is 44.1 Å². The number of nitrogens with zero attached hydrogens (tertiary/aromatic N) is 5. The molecule has 3 N–H and O–H groups in total. The Morgan fingerprint density at radius 3 is 1.80 bits per heavy atom. The van der Waals surface area contributed by atoms with Crippen molar-refractivity contribution < 1.29 is 18.9 Å². The van der Waals surface area contributed by atoms with E-state index in [9.17, 15) is 0 Å². The minimum absolute atomic E-state index is 0.616. The number of nitrogens with two attached hydrogens (primary N) is 1. The molecule has 0 atom stereocenters. The number of ether oxygens (including phenoxy) is 4. The van der Waals surface area contributed by atoms with E-state index in [-0.39, 0.29) is 0 Å². The zero-order valence-electron chi connectivity index (χ0n) is 32.8. The van der Waals surface area contributed by atoms with Gasteiger partial charge >= 0.3 is 0 Å². The molecule has 4 aromatic carbocycles. The van der Waals surface area contributed by atoms with Gasteiger partial charge in [0.05, 0.1) is 59.5 Å². The quantitative estimate of drug-likeness (QED) is 0.0684. The van der Waals surface area contributed by atoms with E-state index in [4.69, 9.17) is 41.9 Å². The molecular formula is C43H41N7O4S5. The maximum absolute atomic E-state index is 5.75. The molecule has 0 aliphatic rings. The Bertz CT molecular complexity index is 2570. The molecule has 0 unspecified atom stereocenters. The minimum Gasteiger partial charge on any atom is -0.497 e. The Hall–Kier alpha value is -5.78. The highest BCUT2D eigenvalue weighted by Gasteiger charge is 2.11. The van der Waals surface area contributed by atoms with Crippen LogP contribution in [0.1, 0.15) is 5.56 Å². The third-order valence-corrected chi connectivity index (χ3v) is 10.8. The summed E-state index contributed by atoms with van der Waals surface area (Å²) in [5, 5.41) is 5.23. The van der Waals surface area contributed by atoms with Gasteiger partial charge in [-0.1, -0.05) is 42.5 Å². The maximum Gasteiger partial charge on any atom is 0.149 e. The zero-order valence-corrected chi connectivity index (χ0v) is 36.9. The SMILES string of the molecule is COc1ccc(N=S)c(OC)c1.COc1ccc(NC(=S)Cc2cccc(-c3nc4ccncc4s3)c2)c(OC)c1.CS.Nc1cccc(-c2nc3ccncc3s2)c1. The monoisotopic (exact) mass is 879 g/mol. The van der Waals surface area contributed by atoms with Crippen LogP contribution in [0, 0.1) is 0 Å². The van der Waals surface area contributed by atoms with Crippen LogP contribution in [0.25, 0.3) is 41.6 Å². The molecule has 8 rings (SSSR count). The van der Waals surface area contributed by atoms with E-state index < -0.39 is 0 Å². The van der Waals surface area contributed by atoms with Gasteiger partial charge in [0.2, 0.25) is 0 Å². The maximum atomic E-state index is 5.75. The first-order valence-electron chi connectivity index (χ1n) is 17.7. The lowest BCUT2D eigenvalue weighted by Crippen LogP contribution is -2.13. The van der Waals surface area contributed by atoms with Crippen LogP contribution in [0.2, 0.25) is 0 Å². The highest BCUT2D eigenvalue weighted by Crippen LogP contribution is 2.33. The van der Waals surface area contributed by atoms with Crippen LogP contribution >= 0.6 is 47.5 Å². The summed E-state index contributed by atoms with van der Waals surface area (Å²) >= 11 is 16.9. The van der Waals surface area contributed by atoms with Gasteiger partial charge in [-0.2, -0.15) is 17.0 Å². The number of methoxy groups -OCH3 is 4. The lowest BCUT2D eigenvalue weighted by Gasteiger charge is -2.13. The fourth-order valence-electron chi connectivity index (χ4n) is 5.43. The Balaban J connectivity index is 0.000000185. The number of anilines is 2. The second-order valence-corrected chi connectivity index (χ2v) is 14.7. The Morgan fingerprint density at radius 2 is 1.25 bits per heavy atom. The number of thiol groups is 1. The van der Waals surface area contributed by atoms with Crippen molar-refractivity contribution in [1.82, 2.24) is 19.9 Å². The number of nitrogens with one attached hydrogen (secondary N) is 1. The smallest absolute Gasteiger partial charge is 0.149 e. The van der Waals surface area contributed by atoms with Gasteiger partial charge in [0.15, 0.2) is 0 Å². The van der Waals surface area contributed by atoms with Crippen LogP contribution in [-0.4, -0.2) is 59.6 Å². The molecule has 0 aliphatic heterocycles. The fraction of sp³-hybridized carbons (Fsp3) is 0.140. The molecule has 4 aromatic heterocycles. The highest BCUT2D eigenvalue weighted by atomic mass is 32.1. The predicted octanol–water partition coefficient (Wildman–Crippen LogP) is 10.9. The van der Waals surface area contributed by atoms with E-state index in [0.29, 0.717) is 28.6 Å². The molecule has 0 radical (unpaired) electrons. The van der Waals surface area contributed by atoms with Crippen molar-refractivity contribution in [3.05, 3.63) is 127 Å². The molecule has 0 fully saturated rings. The van der Waals surface area contributed by atoms with E-state index in [0.717, 1.165) is 70.0 Å². The summed E-state index contributed by atoms with van der Waals surface area (Å²) in [5.74, 6) is 2.78. The van der Waals surface area contributed by atoms with Crippen LogP contribution in [0.3, 0.4) is 0 Å². The Labute approximate surface area is 367 Å². The number of thiocarbonyl (C=S) groups is 1. The van der Waals surface area contributed by atoms with Gasteiger partial charge in [0.1, 0.15) is 38.7 Å². The Morgan fingerprint density at radius 1 is 0.695 bits per heavy atom. The van der Waals surface area contributed by atoms with Gasteiger partial charge in [0.25, 0.3) is 0 Å². The third-order valence-electron chi connectivity index (χ3n) is 8.22. The number of thiazole rings is 2. The molecule has 0 amide bonds. The molecule has 0 bridgehead atoms. The minimum atomic E-state index is 0.616. The molecule has 302 valence electrons. The molecule has 0 saturated carbocycles. The molecule has 4 heterocycles. The zero-order chi connectivity index (χ0) is 42.1. The van der Waals surface area contributed by atoms with Gasteiger partial charge < -0.3 is 30.0 Å². The average Bonchev–Trinajstić information content (AvgIpc) is 3.93. The first kappa shape index (κ1) is 44.3. The lowest BCUT2D eigenvalue weighted by atomic mass is 10.1. The summed E-state index contributed by atoms with van der Waals surface area (Å²) in [5.41, 5.74) is 13.2. The van der Waals surface area contributed by atoms with Crippen LogP contribution in [0.4, 0.5) is 17.1 Å². The van der Waals surface area contributed by atoms with Gasteiger partial charge in [-0.25, -0.2) is 9.97 Å². The number of aromatic nitrogens is 4. The van der Waals surface area contributed by atoms with Crippen molar-refractivity contribution >= 4 is 102 Å². The number of hydrogen-bond acceptors (Lipinski definition) is 15. The normalized spacial score (nSPS) is 10.1. The molecule has 0 aliphatic carbocycles. The van der Waals surface area contributed by atoms with E-state index in [2.05, 4.69) is 67.9 Å². The van der Waals surface area contributed by atoms with Crippen molar-refractivity contribution in [2.75, 3.05) is 45.7 Å². The first-order chi connectivity index (χ1) is 28.8. The van der Waals surface area contributed by atoms with Crippen LogP contribution in [0.5, 0.6) is 23.0 Å². The largest absolute Gasteiger partial charge is 0.497 e. The number of hydrogen-bond donors (Lipinski definition) is 3. The van der Waals surface area contributed by atoms with Crippen molar-refractivity contribution in [3.63, 3.8) is 0 Å². The molecule has 59 heavy (non-hydrogen) atoms. The van der Waals surface area contributed by atoms with E-state index >= 15 is 0 Å². The van der Waals surface area contributed by atoms with Crippen LogP contribution in [0.15, 0.2) is 126 Å². The summed E-state index contributed by atoms with van der Waals surface area (Å²) < 4.78 is 26.5. The lowest BCUT2D eigenvalue weighted by molar-refractivity contribution is 0.395. The van der Waals surface area contributed by atoms with Crippen molar-refractivity contribution in [1.29, 1.82) is 0 Å². The van der Waals surface area contributed by atoms with Crippen LogP contribution < -0.4 is 30.0 Å². The second kappa shape index (κ2) is 22.4. The third kappa shape index (κ3) is 12.1. The summed E-state index contributed by atoms with van der Waals surface area (Å²) in [6, 6.07) is 30.8. The topological polar surface area (TPSA) is 139 Å². The molecule has 0 saturated heterocycles. The standard InChI is InChI=1S/C22H19N3O2S2.C12H9N3S.C8H9NO2S.CH4S/c1-26-16-6-7-17(19(12-16)27-2)24-21(28)11-14-4-3-5-15(10-14)22-25-18-8-9-23-13-20(18)29-22;13-9-3-1-2-8(6-9)12-15-10-4-5-14-7-11(10)16-12;1-10-6-3-4-7(9-12)8(5-6)11-2;1-2/h3-10,12-13H,11H2,1-2H3,(H,24,28);1-7H,13H2;3-5H,1-2H3;2H,1H3. The molecule has 0 spiro atoms. The molecule has 11 nitrogen and oxygen atoms in total. The molecular weight excluding hydrogens is 839 g/mol. The summed E-state index contributed by atoms with van der Waals surface area (Å²) in [6.45, 7) is 0. The van der Waals surface area contributed by atoms with Crippen molar-refractivity contribution in [2.24, 2.45) is 4.36 Å². The van der Waals surface area contributed by atoms with Gasteiger partial charge in [-0.15, -0.1) is 22.7 Å². The van der Waals surface area contributed by atoms with Crippen LogP contribution in [-0.2, 0) is 18.8 Å². The first-order valence-corrected chi connectivity index (χ1v) is 21.0. The number of benzene rings is 4. The summed E-state index contributed by atoms with van der Waals surface area (Å²) in [6.07, 6.45) is 9.51. The molecule has 16 heteroatoms. The average molecular weight is 880 g/mol.